The van der Waals surface area contributed by atoms with Crippen LogP contribution in [0, 0.1) is 0 Å². The maximum Gasteiger partial charge on any atom is 0.306 e. The zero-order valence-corrected chi connectivity index (χ0v) is 26.9. The molecule has 6 atom stereocenters. The zero-order valence-electron chi connectivity index (χ0n) is 26.1. The molecule has 0 amide bonds. The van der Waals surface area contributed by atoms with Gasteiger partial charge in [-0.25, -0.2) is 0 Å². The summed E-state index contributed by atoms with van der Waals surface area (Å²) >= 11 is 0. The third-order valence-electron chi connectivity index (χ3n) is 7.44. The minimum atomic E-state index is -4.58. The summed E-state index contributed by atoms with van der Waals surface area (Å²) in [6, 6.07) is 0. The predicted molar refractivity (Wildman–Crippen MR) is 160 cm³/mol. The summed E-state index contributed by atoms with van der Waals surface area (Å²) in [4.78, 5) is 24.7. The molecule has 254 valence electrons. The number of aliphatic hydroxyl groups is 3. The van der Waals surface area contributed by atoms with Gasteiger partial charge >= 0.3 is 11.9 Å². The molecule has 0 aromatic heterocycles. The highest BCUT2D eigenvalue weighted by atomic mass is 32.2. The molecule has 0 spiro atoms. The lowest BCUT2D eigenvalue weighted by Gasteiger charge is -2.40. The molecule has 0 aliphatic carbocycles. The molecule has 1 aliphatic heterocycles. The fourth-order valence-corrected chi connectivity index (χ4v) is 5.54. The maximum absolute atomic E-state index is 12.6. The lowest BCUT2D eigenvalue weighted by molar-refractivity contribution is -0.297. The number of unbranched alkanes of at least 4 members (excludes halogenated alkanes) is 13. The van der Waals surface area contributed by atoms with Gasteiger partial charge in [-0.2, -0.15) is 8.42 Å². The van der Waals surface area contributed by atoms with Gasteiger partial charge in [-0.1, -0.05) is 97.3 Å². The first-order chi connectivity index (χ1) is 20.5. The van der Waals surface area contributed by atoms with Gasteiger partial charge in [0.25, 0.3) is 10.1 Å². The fourth-order valence-electron chi connectivity index (χ4n) is 4.85. The number of rotatable bonds is 25. The van der Waals surface area contributed by atoms with Crippen LogP contribution in [0.25, 0.3) is 0 Å². The SMILES string of the molecule is CCCCCCCCCCCCCC(=O)O[C@H](COC(=O)CCCCCC)CO[C@@H]1O[C@H](CS(=O)(=O)O)[C@@H](O)[C@H](O)[C@H]1O. The van der Waals surface area contributed by atoms with Crippen molar-refractivity contribution in [2.24, 2.45) is 0 Å². The van der Waals surface area contributed by atoms with E-state index in [0.717, 1.165) is 38.5 Å². The van der Waals surface area contributed by atoms with E-state index in [1.165, 1.54) is 44.9 Å². The van der Waals surface area contributed by atoms with Crippen molar-refractivity contribution < 1.29 is 56.8 Å². The molecule has 13 heteroatoms. The number of carbonyl (C=O) groups excluding carboxylic acids is 2. The van der Waals surface area contributed by atoms with E-state index in [1.807, 2.05) is 0 Å². The van der Waals surface area contributed by atoms with Crippen LogP contribution in [0.5, 0.6) is 0 Å². The Hall–Kier alpha value is -1.35. The molecule has 0 radical (unpaired) electrons. The summed E-state index contributed by atoms with van der Waals surface area (Å²) < 4.78 is 53.2. The number of carbonyl (C=O) groups is 2. The van der Waals surface area contributed by atoms with Crippen molar-refractivity contribution in [1.82, 2.24) is 0 Å². The molecule has 12 nitrogen and oxygen atoms in total. The van der Waals surface area contributed by atoms with Crippen LogP contribution >= 0.6 is 0 Å². The Labute approximate surface area is 257 Å². The minimum absolute atomic E-state index is 0.169. The van der Waals surface area contributed by atoms with Crippen molar-refractivity contribution in [3.8, 4) is 0 Å². The van der Waals surface area contributed by atoms with Crippen molar-refractivity contribution in [3.63, 3.8) is 0 Å². The summed E-state index contributed by atoms with van der Waals surface area (Å²) in [5.41, 5.74) is 0. The topological polar surface area (TPSA) is 186 Å². The average Bonchev–Trinajstić information content (AvgIpc) is 2.95. The van der Waals surface area contributed by atoms with Crippen molar-refractivity contribution in [1.29, 1.82) is 0 Å². The van der Waals surface area contributed by atoms with Crippen molar-refractivity contribution in [3.05, 3.63) is 0 Å². The van der Waals surface area contributed by atoms with E-state index in [2.05, 4.69) is 13.8 Å². The van der Waals surface area contributed by atoms with Crippen LogP contribution in [0.1, 0.15) is 123 Å². The number of aliphatic hydroxyl groups excluding tert-OH is 3. The molecular formula is C30H56O12S. The molecule has 0 aromatic rings. The molecule has 4 N–H and O–H groups in total. The van der Waals surface area contributed by atoms with Gasteiger partial charge in [0.15, 0.2) is 12.4 Å². The smallest absolute Gasteiger partial charge is 0.306 e. The van der Waals surface area contributed by atoms with Crippen molar-refractivity contribution in [2.75, 3.05) is 19.0 Å². The van der Waals surface area contributed by atoms with Gasteiger partial charge in [-0.3, -0.25) is 14.1 Å². The van der Waals surface area contributed by atoms with Gasteiger partial charge in [-0.05, 0) is 12.8 Å². The summed E-state index contributed by atoms with van der Waals surface area (Å²) in [7, 11) is -4.58. The van der Waals surface area contributed by atoms with Gasteiger partial charge in [0.2, 0.25) is 0 Å². The van der Waals surface area contributed by atoms with Crippen LogP contribution in [0.15, 0.2) is 0 Å². The largest absolute Gasteiger partial charge is 0.462 e. The molecule has 1 rings (SSSR count). The Morgan fingerprint density at radius 1 is 0.698 bits per heavy atom. The lowest BCUT2D eigenvalue weighted by atomic mass is 10.00. The first kappa shape index (κ1) is 39.7. The van der Waals surface area contributed by atoms with Crippen LogP contribution in [0.3, 0.4) is 0 Å². The van der Waals surface area contributed by atoms with E-state index in [1.54, 1.807) is 0 Å². The molecule has 43 heavy (non-hydrogen) atoms. The van der Waals surface area contributed by atoms with E-state index in [4.69, 9.17) is 23.5 Å². The first-order valence-electron chi connectivity index (χ1n) is 16.1. The zero-order chi connectivity index (χ0) is 32.1. The Balaban J connectivity index is 2.57. The van der Waals surface area contributed by atoms with E-state index >= 15 is 0 Å². The second kappa shape index (κ2) is 23.1. The number of esters is 2. The van der Waals surface area contributed by atoms with Crippen LogP contribution in [-0.2, 0) is 38.7 Å². The van der Waals surface area contributed by atoms with E-state index in [0.29, 0.717) is 12.8 Å². The van der Waals surface area contributed by atoms with E-state index in [-0.39, 0.29) is 19.4 Å². The Morgan fingerprint density at radius 3 is 1.72 bits per heavy atom. The molecule has 1 aliphatic rings. The lowest BCUT2D eigenvalue weighted by Crippen LogP contribution is -2.60. The summed E-state index contributed by atoms with van der Waals surface area (Å²) in [6.07, 6.45) is 6.83. The summed E-state index contributed by atoms with van der Waals surface area (Å²) in [5, 5.41) is 30.5. The van der Waals surface area contributed by atoms with Crippen LogP contribution < -0.4 is 0 Å². The quantitative estimate of drug-likeness (QED) is 0.0643. The highest BCUT2D eigenvalue weighted by Crippen LogP contribution is 2.23. The van der Waals surface area contributed by atoms with Crippen molar-refractivity contribution in [2.45, 2.75) is 160 Å². The van der Waals surface area contributed by atoms with Gasteiger partial charge in [0, 0.05) is 12.8 Å². The normalized spacial score (nSPS) is 23.2. The van der Waals surface area contributed by atoms with Gasteiger partial charge in [0.05, 0.1) is 6.61 Å². The van der Waals surface area contributed by atoms with Crippen LogP contribution in [0.2, 0.25) is 0 Å². The minimum Gasteiger partial charge on any atom is -0.462 e. The standard InChI is InChI=1S/C30H56O12S/c1-3-5-7-9-10-11-12-13-14-15-17-19-26(32)41-23(20-39-25(31)18-16-8-6-4-2)21-40-30-29(35)28(34)27(33)24(42-30)22-43(36,37)38/h23-24,27-30,33-35H,3-22H2,1-2H3,(H,36,37,38)/t23-,24-,27-,28+,29-,30-/m1/s1. The second-order valence-corrected chi connectivity index (χ2v) is 13.0. The summed E-state index contributed by atoms with van der Waals surface area (Å²) in [6.45, 7) is 3.55. The van der Waals surface area contributed by atoms with Crippen LogP contribution in [-0.4, -0.2) is 96.0 Å². The molecular weight excluding hydrogens is 584 g/mol. The molecule has 0 saturated carbocycles. The predicted octanol–water partition coefficient (Wildman–Crippen LogP) is 3.82. The molecule has 1 fully saturated rings. The molecule has 0 bridgehead atoms. The third-order valence-corrected chi connectivity index (χ3v) is 8.19. The monoisotopic (exact) mass is 640 g/mol. The Bertz CT molecular complexity index is 852. The number of hydrogen-bond acceptors (Lipinski definition) is 11. The summed E-state index contributed by atoms with van der Waals surface area (Å²) in [5.74, 6) is -2.00. The number of ether oxygens (including phenoxy) is 4. The average molecular weight is 641 g/mol. The van der Waals surface area contributed by atoms with E-state index in [9.17, 15) is 33.3 Å². The van der Waals surface area contributed by atoms with Gasteiger partial charge in [0.1, 0.15) is 36.8 Å². The molecule has 1 heterocycles. The Morgan fingerprint density at radius 2 is 1.19 bits per heavy atom. The van der Waals surface area contributed by atoms with Crippen molar-refractivity contribution >= 4 is 22.1 Å². The van der Waals surface area contributed by atoms with Crippen LogP contribution in [0.4, 0.5) is 0 Å². The fraction of sp³-hybridized carbons (Fsp3) is 0.933. The third kappa shape index (κ3) is 18.9. The maximum atomic E-state index is 12.6. The molecule has 1 saturated heterocycles. The molecule has 0 unspecified atom stereocenters. The molecule has 0 aromatic carbocycles. The van der Waals surface area contributed by atoms with E-state index < -0.39 is 71.2 Å². The second-order valence-electron chi connectivity index (χ2n) is 11.5. The highest BCUT2D eigenvalue weighted by molar-refractivity contribution is 7.85. The Kier molecular flexibility index (Phi) is 21.3. The van der Waals surface area contributed by atoms with Gasteiger partial charge in [-0.15, -0.1) is 0 Å². The highest BCUT2D eigenvalue weighted by Gasteiger charge is 2.46. The number of hydrogen-bond donors (Lipinski definition) is 4. The van der Waals surface area contributed by atoms with Gasteiger partial charge < -0.3 is 34.3 Å². The first-order valence-corrected chi connectivity index (χ1v) is 17.7.